The van der Waals surface area contributed by atoms with Gasteiger partial charge in [-0.25, -0.2) is 4.79 Å². The number of urea groups is 1. The molecule has 0 atom stereocenters. The van der Waals surface area contributed by atoms with Crippen molar-refractivity contribution in [3.05, 3.63) is 59.2 Å². The van der Waals surface area contributed by atoms with E-state index in [-0.39, 0.29) is 6.03 Å². The number of nitrogens with one attached hydrogen (secondary N) is 1. The number of rotatable bonds is 4. The number of carbonyl (C=O) groups excluding carboxylic acids is 1. The van der Waals surface area contributed by atoms with Crippen LogP contribution in [0.4, 0.5) is 16.2 Å². The lowest BCUT2D eigenvalue weighted by Crippen LogP contribution is -2.50. The fraction of sp³-hybridized carbons (Fsp3) is 0.364. The third kappa shape index (κ3) is 4.22. The lowest BCUT2D eigenvalue weighted by atomic mass is 10.0. The van der Waals surface area contributed by atoms with E-state index < -0.39 is 0 Å². The molecule has 5 nitrogen and oxygen atoms in total. The highest BCUT2D eigenvalue weighted by molar-refractivity contribution is 5.91. The maximum atomic E-state index is 12.8. The van der Waals surface area contributed by atoms with Crippen molar-refractivity contribution in [2.45, 2.75) is 26.7 Å². The summed E-state index contributed by atoms with van der Waals surface area (Å²) >= 11 is 0. The van der Waals surface area contributed by atoms with Crippen molar-refractivity contribution < 1.29 is 4.79 Å². The van der Waals surface area contributed by atoms with Crippen LogP contribution in [0.2, 0.25) is 0 Å². The van der Waals surface area contributed by atoms with Crippen molar-refractivity contribution in [2.75, 3.05) is 36.4 Å². The van der Waals surface area contributed by atoms with Gasteiger partial charge in [-0.3, -0.25) is 0 Å². The van der Waals surface area contributed by atoms with Crippen LogP contribution in [0.3, 0.4) is 0 Å². The fourth-order valence-electron chi connectivity index (χ4n) is 3.53. The van der Waals surface area contributed by atoms with Gasteiger partial charge in [0.2, 0.25) is 0 Å². The number of nitrogens with zero attached hydrogens (tertiary/aromatic N) is 3. The summed E-state index contributed by atoms with van der Waals surface area (Å²) in [5.74, 6) is 0. The largest absolute Gasteiger partial charge is 0.368 e. The van der Waals surface area contributed by atoms with Crippen LogP contribution in [0.5, 0.6) is 0 Å². The first kappa shape index (κ1) is 18.8. The molecule has 1 saturated heterocycles. The van der Waals surface area contributed by atoms with Crippen molar-refractivity contribution in [3.63, 3.8) is 0 Å². The number of anilines is 2. The molecule has 2 aromatic carbocycles. The molecule has 2 amide bonds. The first-order valence-corrected chi connectivity index (χ1v) is 9.58. The molecule has 1 aliphatic heterocycles. The molecular formula is C22H26N4O. The second-order valence-corrected chi connectivity index (χ2v) is 6.72. The van der Waals surface area contributed by atoms with Crippen molar-refractivity contribution in [2.24, 2.45) is 0 Å². The molecule has 27 heavy (non-hydrogen) atoms. The van der Waals surface area contributed by atoms with Gasteiger partial charge in [-0.2, -0.15) is 5.26 Å². The third-order valence-corrected chi connectivity index (χ3v) is 5.14. The van der Waals surface area contributed by atoms with Gasteiger partial charge in [-0.05, 0) is 42.2 Å². The molecule has 0 aliphatic carbocycles. The molecule has 0 saturated carbocycles. The van der Waals surface area contributed by atoms with Crippen LogP contribution in [-0.2, 0) is 12.8 Å². The number of para-hydroxylation sites is 1. The zero-order chi connectivity index (χ0) is 19.2. The van der Waals surface area contributed by atoms with Crippen LogP contribution in [0.1, 0.15) is 30.5 Å². The molecular weight excluding hydrogens is 336 g/mol. The summed E-state index contributed by atoms with van der Waals surface area (Å²) in [7, 11) is 0. The molecule has 0 radical (unpaired) electrons. The van der Waals surface area contributed by atoms with Gasteiger partial charge in [0.15, 0.2) is 0 Å². The Morgan fingerprint density at radius 2 is 1.67 bits per heavy atom. The first-order chi connectivity index (χ1) is 13.2. The Hall–Kier alpha value is -3.00. The number of hydrogen-bond acceptors (Lipinski definition) is 3. The van der Waals surface area contributed by atoms with E-state index in [0.29, 0.717) is 18.7 Å². The lowest BCUT2D eigenvalue weighted by Gasteiger charge is -2.36. The van der Waals surface area contributed by atoms with Crippen molar-refractivity contribution in [1.29, 1.82) is 5.26 Å². The van der Waals surface area contributed by atoms with E-state index in [1.54, 1.807) is 0 Å². The molecule has 2 aromatic rings. The van der Waals surface area contributed by atoms with E-state index in [0.717, 1.165) is 37.3 Å². The summed E-state index contributed by atoms with van der Waals surface area (Å²) in [5, 5.41) is 12.2. The van der Waals surface area contributed by atoms with Gasteiger partial charge in [0.25, 0.3) is 0 Å². The Bertz CT molecular complexity index is 825. The van der Waals surface area contributed by atoms with E-state index in [1.165, 1.54) is 11.1 Å². The van der Waals surface area contributed by atoms with E-state index in [2.05, 4.69) is 48.3 Å². The quantitative estimate of drug-likeness (QED) is 0.893. The number of hydrogen-bond donors (Lipinski definition) is 1. The summed E-state index contributed by atoms with van der Waals surface area (Å²) in [5.41, 5.74) is 5.02. The van der Waals surface area contributed by atoms with Gasteiger partial charge in [0.05, 0.1) is 11.6 Å². The van der Waals surface area contributed by atoms with Crippen LogP contribution in [0.25, 0.3) is 0 Å². The first-order valence-electron chi connectivity index (χ1n) is 9.58. The monoisotopic (exact) mass is 362 g/mol. The van der Waals surface area contributed by atoms with E-state index >= 15 is 0 Å². The Morgan fingerprint density at radius 1 is 1.04 bits per heavy atom. The van der Waals surface area contributed by atoms with Crippen molar-refractivity contribution in [1.82, 2.24) is 4.90 Å². The number of amides is 2. The molecule has 1 aliphatic rings. The average Bonchev–Trinajstić information content (AvgIpc) is 2.74. The highest BCUT2D eigenvalue weighted by Crippen LogP contribution is 2.24. The Kier molecular flexibility index (Phi) is 5.97. The van der Waals surface area contributed by atoms with Crippen LogP contribution < -0.4 is 10.2 Å². The summed E-state index contributed by atoms with van der Waals surface area (Å²) < 4.78 is 0. The minimum absolute atomic E-state index is 0.0315. The second-order valence-electron chi connectivity index (χ2n) is 6.72. The number of aryl methyl sites for hydroxylation is 2. The molecule has 0 aromatic heterocycles. The Labute approximate surface area is 161 Å². The van der Waals surface area contributed by atoms with Gasteiger partial charge in [-0.15, -0.1) is 0 Å². The van der Waals surface area contributed by atoms with Gasteiger partial charge < -0.3 is 15.1 Å². The number of nitriles is 1. The van der Waals surface area contributed by atoms with Crippen LogP contribution in [0, 0.1) is 11.3 Å². The zero-order valence-electron chi connectivity index (χ0n) is 16.0. The van der Waals surface area contributed by atoms with E-state index in [9.17, 15) is 4.79 Å². The minimum atomic E-state index is -0.0315. The van der Waals surface area contributed by atoms with Crippen LogP contribution >= 0.6 is 0 Å². The minimum Gasteiger partial charge on any atom is -0.368 e. The van der Waals surface area contributed by atoms with Crippen LogP contribution in [-0.4, -0.2) is 37.1 Å². The number of benzene rings is 2. The van der Waals surface area contributed by atoms with Crippen molar-refractivity contribution in [3.8, 4) is 6.07 Å². The molecule has 0 spiro atoms. The SMILES string of the molecule is CCc1cccc(CC)c1NC(=O)N1CCN(c2cccc(C#N)c2)CC1. The summed E-state index contributed by atoms with van der Waals surface area (Å²) in [6.45, 7) is 7.07. The Morgan fingerprint density at radius 3 is 2.26 bits per heavy atom. The molecule has 5 heteroatoms. The predicted molar refractivity (Wildman–Crippen MR) is 109 cm³/mol. The predicted octanol–water partition coefficient (Wildman–Crippen LogP) is 4.04. The highest BCUT2D eigenvalue weighted by atomic mass is 16.2. The fourth-order valence-corrected chi connectivity index (χ4v) is 3.53. The van der Waals surface area contributed by atoms with E-state index in [1.807, 2.05) is 29.2 Å². The van der Waals surface area contributed by atoms with Gasteiger partial charge >= 0.3 is 6.03 Å². The standard InChI is InChI=1S/C22H26N4O/c1-3-18-8-6-9-19(4-2)21(18)24-22(27)26-13-11-25(12-14-26)20-10-5-7-17(15-20)16-23/h5-10,15H,3-4,11-14H2,1-2H3,(H,24,27). The summed E-state index contributed by atoms with van der Waals surface area (Å²) in [4.78, 5) is 16.9. The van der Waals surface area contributed by atoms with Gasteiger partial charge in [-0.1, -0.05) is 38.1 Å². The second kappa shape index (κ2) is 8.59. The normalized spacial score (nSPS) is 14.0. The molecule has 1 fully saturated rings. The molecule has 0 bridgehead atoms. The van der Waals surface area contributed by atoms with Crippen LogP contribution in [0.15, 0.2) is 42.5 Å². The maximum absolute atomic E-state index is 12.8. The number of carbonyl (C=O) groups is 1. The maximum Gasteiger partial charge on any atom is 0.321 e. The average molecular weight is 362 g/mol. The smallest absolute Gasteiger partial charge is 0.321 e. The molecule has 0 unspecified atom stereocenters. The lowest BCUT2D eigenvalue weighted by molar-refractivity contribution is 0.208. The van der Waals surface area contributed by atoms with E-state index in [4.69, 9.17) is 5.26 Å². The zero-order valence-corrected chi connectivity index (χ0v) is 16.0. The highest BCUT2D eigenvalue weighted by Gasteiger charge is 2.22. The third-order valence-electron chi connectivity index (χ3n) is 5.14. The Balaban J connectivity index is 1.65. The number of piperazine rings is 1. The summed E-state index contributed by atoms with van der Waals surface area (Å²) in [6, 6.07) is 16.0. The van der Waals surface area contributed by atoms with Gasteiger partial charge in [0.1, 0.15) is 0 Å². The molecule has 140 valence electrons. The van der Waals surface area contributed by atoms with Gasteiger partial charge in [0, 0.05) is 37.6 Å². The molecule has 3 rings (SSSR count). The van der Waals surface area contributed by atoms with Crippen molar-refractivity contribution >= 4 is 17.4 Å². The summed E-state index contributed by atoms with van der Waals surface area (Å²) in [6.07, 6.45) is 1.79. The molecule has 1 N–H and O–H groups in total. The topological polar surface area (TPSA) is 59.4 Å². The molecule has 1 heterocycles.